The van der Waals surface area contributed by atoms with Crippen molar-refractivity contribution in [2.75, 3.05) is 6.54 Å². The fourth-order valence-electron chi connectivity index (χ4n) is 2.77. The highest BCUT2D eigenvalue weighted by Gasteiger charge is 2.23. The van der Waals surface area contributed by atoms with Crippen molar-refractivity contribution in [3.63, 3.8) is 0 Å². The van der Waals surface area contributed by atoms with Crippen molar-refractivity contribution in [2.45, 2.75) is 50.9 Å². The standard InChI is InChI=1S/C17H27N3O3S/c1-2-3-4-5-6-17(24(19,21)22)23-14-7-8-16-15(11-14)13(9-10-18)12-20-16/h7-8,11-12,17,20H,2-6,9-10,18H2,1H3,(H2,19,21,22). The van der Waals surface area contributed by atoms with Crippen LogP contribution in [0.1, 0.15) is 44.6 Å². The van der Waals surface area contributed by atoms with Gasteiger partial charge in [-0.2, -0.15) is 0 Å². The first kappa shape index (κ1) is 18.8. The van der Waals surface area contributed by atoms with Crippen LogP contribution in [0.25, 0.3) is 10.9 Å². The van der Waals surface area contributed by atoms with Gasteiger partial charge in [0.25, 0.3) is 0 Å². The van der Waals surface area contributed by atoms with E-state index in [1.807, 2.05) is 18.3 Å². The zero-order valence-electron chi connectivity index (χ0n) is 14.1. The minimum atomic E-state index is -3.76. The van der Waals surface area contributed by atoms with E-state index in [2.05, 4.69) is 11.9 Å². The number of fused-ring (bicyclic) bond motifs is 1. The molecule has 0 amide bonds. The third kappa shape index (κ3) is 4.96. The molecule has 1 heterocycles. The Morgan fingerprint density at radius 1 is 1.25 bits per heavy atom. The van der Waals surface area contributed by atoms with Crippen LogP contribution in [0.4, 0.5) is 0 Å². The molecule has 2 rings (SSSR count). The fourth-order valence-corrected chi connectivity index (χ4v) is 3.51. The van der Waals surface area contributed by atoms with Crippen LogP contribution in [0.3, 0.4) is 0 Å². The van der Waals surface area contributed by atoms with E-state index in [0.29, 0.717) is 18.7 Å². The van der Waals surface area contributed by atoms with E-state index in [-0.39, 0.29) is 0 Å². The Labute approximate surface area is 143 Å². The van der Waals surface area contributed by atoms with Gasteiger partial charge in [0.15, 0.2) is 0 Å². The number of aromatic nitrogens is 1. The van der Waals surface area contributed by atoms with Gasteiger partial charge in [0, 0.05) is 23.5 Å². The predicted molar refractivity (Wildman–Crippen MR) is 97.3 cm³/mol. The Bertz CT molecular complexity index is 756. The van der Waals surface area contributed by atoms with Crippen molar-refractivity contribution >= 4 is 20.9 Å². The number of ether oxygens (including phenoxy) is 1. The van der Waals surface area contributed by atoms with E-state index in [1.54, 1.807) is 6.07 Å². The SMILES string of the molecule is CCCCCCC(Oc1ccc2[nH]cc(CCN)c2c1)S(N)(=O)=O. The number of H-pyrrole nitrogens is 1. The summed E-state index contributed by atoms with van der Waals surface area (Å²) < 4.78 is 29.3. The van der Waals surface area contributed by atoms with Crippen molar-refractivity contribution in [3.05, 3.63) is 30.0 Å². The van der Waals surface area contributed by atoms with Crippen molar-refractivity contribution in [3.8, 4) is 5.75 Å². The second kappa shape index (κ2) is 8.50. The monoisotopic (exact) mass is 353 g/mol. The first-order valence-electron chi connectivity index (χ1n) is 8.44. The number of hydrogen-bond acceptors (Lipinski definition) is 4. The Balaban J connectivity index is 2.15. The molecule has 0 saturated carbocycles. The molecule has 0 aliphatic rings. The summed E-state index contributed by atoms with van der Waals surface area (Å²) in [6.07, 6.45) is 7.00. The minimum Gasteiger partial charge on any atom is -0.473 e. The van der Waals surface area contributed by atoms with E-state index in [4.69, 9.17) is 15.6 Å². The number of nitrogens with one attached hydrogen (secondary N) is 1. The van der Waals surface area contributed by atoms with Gasteiger partial charge in [0.1, 0.15) is 5.75 Å². The summed E-state index contributed by atoms with van der Waals surface area (Å²) in [6.45, 7) is 2.66. The number of hydrogen-bond donors (Lipinski definition) is 3. The average molecular weight is 353 g/mol. The summed E-state index contributed by atoms with van der Waals surface area (Å²) in [5.41, 5.74) is 6.68. The molecule has 0 radical (unpaired) electrons. The van der Waals surface area contributed by atoms with Crippen molar-refractivity contribution in [1.29, 1.82) is 0 Å². The highest BCUT2D eigenvalue weighted by molar-refractivity contribution is 7.89. The number of benzene rings is 1. The molecule has 2 aromatic rings. The van der Waals surface area contributed by atoms with Gasteiger partial charge in [-0.1, -0.05) is 26.2 Å². The van der Waals surface area contributed by atoms with Crippen LogP contribution in [0.5, 0.6) is 5.75 Å². The van der Waals surface area contributed by atoms with Gasteiger partial charge in [0.05, 0.1) is 0 Å². The Hall–Kier alpha value is -1.57. The number of aromatic amines is 1. The zero-order valence-corrected chi connectivity index (χ0v) is 14.9. The molecule has 0 bridgehead atoms. The maximum Gasteiger partial charge on any atom is 0.247 e. The lowest BCUT2D eigenvalue weighted by Crippen LogP contribution is -2.33. The third-order valence-corrected chi connectivity index (χ3v) is 5.14. The number of primary sulfonamides is 1. The quantitative estimate of drug-likeness (QED) is 0.570. The van der Waals surface area contributed by atoms with Gasteiger partial charge in [0.2, 0.25) is 15.5 Å². The molecule has 1 aromatic heterocycles. The fraction of sp³-hybridized carbons (Fsp3) is 0.529. The van der Waals surface area contributed by atoms with Crippen LogP contribution < -0.4 is 15.6 Å². The van der Waals surface area contributed by atoms with Crippen molar-refractivity contribution in [1.82, 2.24) is 4.98 Å². The molecule has 134 valence electrons. The van der Waals surface area contributed by atoms with Crippen molar-refractivity contribution < 1.29 is 13.2 Å². The van der Waals surface area contributed by atoms with E-state index >= 15 is 0 Å². The molecule has 0 spiro atoms. The molecule has 6 nitrogen and oxygen atoms in total. The number of nitrogens with two attached hydrogens (primary N) is 2. The molecule has 0 aliphatic heterocycles. The molecule has 0 saturated heterocycles. The lowest BCUT2D eigenvalue weighted by atomic mass is 10.1. The van der Waals surface area contributed by atoms with Crippen LogP contribution in [0.15, 0.2) is 24.4 Å². The average Bonchev–Trinajstić information content (AvgIpc) is 2.92. The molecule has 7 heteroatoms. The summed E-state index contributed by atoms with van der Waals surface area (Å²) in [5.74, 6) is 0.509. The first-order chi connectivity index (χ1) is 11.5. The largest absolute Gasteiger partial charge is 0.473 e. The lowest BCUT2D eigenvalue weighted by molar-refractivity contribution is 0.257. The zero-order chi connectivity index (χ0) is 17.6. The van der Waals surface area contributed by atoms with Crippen molar-refractivity contribution in [2.24, 2.45) is 10.9 Å². The highest BCUT2D eigenvalue weighted by atomic mass is 32.2. The Kier molecular flexibility index (Phi) is 6.65. The van der Waals surface area contributed by atoms with Crippen LogP contribution in [-0.2, 0) is 16.4 Å². The molecule has 1 atom stereocenters. The molecule has 5 N–H and O–H groups in total. The maximum absolute atomic E-state index is 11.8. The van der Waals surface area contributed by atoms with Gasteiger partial charge in [-0.25, -0.2) is 13.6 Å². The summed E-state index contributed by atoms with van der Waals surface area (Å²) in [5, 5.41) is 6.33. The van der Waals surface area contributed by atoms with Gasteiger partial charge in [-0.15, -0.1) is 0 Å². The van der Waals surface area contributed by atoms with E-state index < -0.39 is 15.5 Å². The Morgan fingerprint density at radius 3 is 2.71 bits per heavy atom. The van der Waals surface area contributed by atoms with Gasteiger partial charge >= 0.3 is 0 Å². The summed E-state index contributed by atoms with van der Waals surface area (Å²) in [4.78, 5) is 3.18. The van der Waals surface area contributed by atoms with Crippen LogP contribution in [-0.4, -0.2) is 25.4 Å². The topological polar surface area (TPSA) is 111 Å². The first-order valence-corrected chi connectivity index (χ1v) is 10.0. The molecular formula is C17H27N3O3S. The minimum absolute atomic E-state index is 0.402. The van der Waals surface area contributed by atoms with Crippen LogP contribution >= 0.6 is 0 Å². The van der Waals surface area contributed by atoms with Crippen LogP contribution in [0.2, 0.25) is 0 Å². The van der Waals surface area contributed by atoms with Gasteiger partial charge < -0.3 is 15.5 Å². The van der Waals surface area contributed by atoms with Crippen LogP contribution in [0, 0.1) is 0 Å². The predicted octanol–water partition coefficient (Wildman–Crippen LogP) is 2.63. The number of unbranched alkanes of at least 4 members (excludes halogenated alkanes) is 3. The number of sulfonamides is 1. The van der Waals surface area contributed by atoms with Gasteiger partial charge in [-0.3, -0.25) is 0 Å². The smallest absolute Gasteiger partial charge is 0.247 e. The second-order valence-electron chi connectivity index (χ2n) is 6.05. The maximum atomic E-state index is 11.8. The molecule has 0 aliphatic carbocycles. The molecule has 0 fully saturated rings. The molecular weight excluding hydrogens is 326 g/mol. The Morgan fingerprint density at radius 2 is 2.04 bits per heavy atom. The normalized spacial score (nSPS) is 13.3. The van der Waals surface area contributed by atoms with Gasteiger partial charge in [-0.05, 0) is 43.1 Å². The summed E-state index contributed by atoms with van der Waals surface area (Å²) in [6, 6.07) is 5.48. The summed E-state index contributed by atoms with van der Waals surface area (Å²) in [7, 11) is -3.76. The molecule has 24 heavy (non-hydrogen) atoms. The van der Waals surface area contributed by atoms with E-state index in [0.717, 1.165) is 48.6 Å². The molecule has 1 aromatic carbocycles. The second-order valence-corrected chi connectivity index (χ2v) is 7.75. The highest BCUT2D eigenvalue weighted by Crippen LogP contribution is 2.26. The van der Waals surface area contributed by atoms with E-state index in [9.17, 15) is 8.42 Å². The third-order valence-electron chi connectivity index (χ3n) is 4.08. The summed E-state index contributed by atoms with van der Waals surface area (Å²) >= 11 is 0. The number of rotatable bonds is 10. The van der Waals surface area contributed by atoms with E-state index in [1.165, 1.54) is 0 Å². The lowest BCUT2D eigenvalue weighted by Gasteiger charge is -2.17. The molecule has 1 unspecified atom stereocenters.